The first kappa shape index (κ1) is 23.1. The summed E-state index contributed by atoms with van der Waals surface area (Å²) in [4.78, 5) is 27.6. The highest BCUT2D eigenvalue weighted by Gasteiger charge is 2.52. The summed E-state index contributed by atoms with van der Waals surface area (Å²) in [5.41, 5.74) is 0.929. The van der Waals surface area contributed by atoms with Gasteiger partial charge in [0.05, 0.1) is 30.5 Å². The van der Waals surface area contributed by atoms with Crippen LogP contribution in [0.3, 0.4) is 0 Å². The Kier molecular flexibility index (Phi) is 6.80. The van der Waals surface area contributed by atoms with Crippen molar-refractivity contribution in [2.45, 2.75) is 50.6 Å². The van der Waals surface area contributed by atoms with Crippen LogP contribution in [0.5, 0.6) is 0 Å². The summed E-state index contributed by atoms with van der Waals surface area (Å²) in [5, 5.41) is 10.9. The Labute approximate surface area is 198 Å². The number of rotatable bonds is 5. The van der Waals surface area contributed by atoms with Gasteiger partial charge in [-0.05, 0) is 54.7 Å². The van der Waals surface area contributed by atoms with Crippen LogP contribution in [0.25, 0.3) is 0 Å². The maximum absolute atomic E-state index is 13.9. The molecule has 0 aliphatic carbocycles. The first-order valence-electron chi connectivity index (χ1n) is 10.9. The number of nitrogens with zero attached hydrogens (tertiary/aromatic N) is 1. The van der Waals surface area contributed by atoms with Crippen molar-refractivity contribution in [2.75, 3.05) is 13.2 Å². The van der Waals surface area contributed by atoms with Crippen LogP contribution in [-0.2, 0) is 14.3 Å². The Morgan fingerprint density at radius 2 is 1.91 bits per heavy atom. The van der Waals surface area contributed by atoms with Crippen LogP contribution >= 0.6 is 23.2 Å². The lowest BCUT2D eigenvalue weighted by Crippen LogP contribution is -2.57. The van der Waals surface area contributed by atoms with Crippen LogP contribution in [0.1, 0.15) is 55.7 Å². The molecule has 2 aliphatic heterocycles. The number of ether oxygens (including phenoxy) is 1. The standard InChI is InChI=1S/C25H27Cl2NO4/c1-25(14-22(29)30)13-21(17-4-2-5-19(27)12-17)23(16-7-9-18(26)10-8-16)28(24(25)31)20-6-3-11-32-15-20/h2,4-5,7-10,12,20-21,23H,3,6,11,13-15H2,1H3,(H,29,30)/t20-,21-,23-,25-/m1/s1. The topological polar surface area (TPSA) is 66.8 Å². The fourth-order valence-electron chi connectivity index (χ4n) is 5.22. The molecule has 0 spiro atoms. The van der Waals surface area contributed by atoms with Gasteiger partial charge in [0.25, 0.3) is 0 Å². The molecule has 2 fully saturated rings. The van der Waals surface area contributed by atoms with Gasteiger partial charge in [-0.15, -0.1) is 0 Å². The molecule has 0 bridgehead atoms. The Bertz CT molecular complexity index is 990. The number of halogens is 2. The third-order valence-electron chi connectivity index (χ3n) is 6.66. The lowest BCUT2D eigenvalue weighted by molar-refractivity contribution is -0.163. The smallest absolute Gasteiger partial charge is 0.304 e. The molecule has 1 N–H and O–H groups in total. The van der Waals surface area contributed by atoms with E-state index in [-0.39, 0.29) is 30.3 Å². The number of likely N-dealkylation sites (tertiary alicyclic amines) is 1. The van der Waals surface area contributed by atoms with E-state index in [1.54, 1.807) is 6.92 Å². The van der Waals surface area contributed by atoms with Gasteiger partial charge in [0.15, 0.2) is 0 Å². The van der Waals surface area contributed by atoms with Gasteiger partial charge < -0.3 is 14.7 Å². The van der Waals surface area contributed by atoms with Crippen molar-refractivity contribution in [1.29, 1.82) is 0 Å². The molecule has 2 aliphatic rings. The SMILES string of the molecule is C[C@]1(CC(=O)O)C[C@H](c2cccc(Cl)c2)[C@@H](c2ccc(Cl)cc2)N([C@@H]2CCCOC2)C1=O. The summed E-state index contributed by atoms with van der Waals surface area (Å²) >= 11 is 12.5. The van der Waals surface area contributed by atoms with Crippen LogP contribution in [0, 0.1) is 5.41 Å². The fraction of sp³-hybridized carbons (Fsp3) is 0.440. The second kappa shape index (κ2) is 9.42. The molecule has 0 aromatic heterocycles. The minimum atomic E-state index is -1.03. The maximum Gasteiger partial charge on any atom is 0.304 e. The average molecular weight is 476 g/mol. The molecule has 0 saturated carbocycles. The minimum Gasteiger partial charge on any atom is -0.481 e. The quantitative estimate of drug-likeness (QED) is 0.600. The second-order valence-corrected chi connectivity index (χ2v) is 9.95. The summed E-state index contributed by atoms with van der Waals surface area (Å²) in [7, 11) is 0. The monoisotopic (exact) mass is 475 g/mol. The van der Waals surface area contributed by atoms with Crippen molar-refractivity contribution in [3.63, 3.8) is 0 Å². The van der Waals surface area contributed by atoms with Gasteiger partial charge in [-0.1, -0.05) is 54.4 Å². The lowest BCUT2D eigenvalue weighted by Gasteiger charge is -2.52. The van der Waals surface area contributed by atoms with Gasteiger partial charge in [0, 0.05) is 22.6 Å². The first-order chi connectivity index (χ1) is 15.3. The van der Waals surface area contributed by atoms with E-state index >= 15 is 0 Å². The van der Waals surface area contributed by atoms with Crippen LogP contribution in [0.15, 0.2) is 48.5 Å². The summed E-state index contributed by atoms with van der Waals surface area (Å²) in [6, 6.07) is 14.8. The van der Waals surface area contributed by atoms with E-state index in [2.05, 4.69) is 0 Å². The molecular weight excluding hydrogens is 449 g/mol. The average Bonchev–Trinajstić information content (AvgIpc) is 2.76. The van der Waals surface area contributed by atoms with Crippen LogP contribution in [0.4, 0.5) is 0 Å². The highest BCUT2D eigenvalue weighted by molar-refractivity contribution is 6.30. The number of piperidine rings is 1. The Balaban J connectivity index is 1.87. The molecule has 32 heavy (non-hydrogen) atoms. The molecule has 4 atom stereocenters. The van der Waals surface area contributed by atoms with Gasteiger partial charge in [-0.2, -0.15) is 0 Å². The molecule has 170 valence electrons. The van der Waals surface area contributed by atoms with E-state index in [1.165, 1.54) is 0 Å². The van der Waals surface area contributed by atoms with E-state index in [9.17, 15) is 14.7 Å². The summed E-state index contributed by atoms with van der Waals surface area (Å²) in [5.74, 6) is -1.23. The number of carboxylic acid groups (broad SMARTS) is 1. The third kappa shape index (κ3) is 4.66. The molecule has 5 nitrogen and oxygen atoms in total. The molecule has 2 saturated heterocycles. The molecule has 2 heterocycles. The normalized spacial score (nSPS) is 28.5. The van der Waals surface area contributed by atoms with Crippen molar-refractivity contribution in [3.05, 3.63) is 69.7 Å². The van der Waals surface area contributed by atoms with Crippen LogP contribution in [-0.4, -0.2) is 41.1 Å². The van der Waals surface area contributed by atoms with E-state index in [4.69, 9.17) is 27.9 Å². The Hall–Kier alpha value is -2.08. The van der Waals surface area contributed by atoms with Crippen molar-refractivity contribution < 1.29 is 19.4 Å². The highest BCUT2D eigenvalue weighted by atomic mass is 35.5. The highest BCUT2D eigenvalue weighted by Crippen LogP contribution is 2.52. The summed E-state index contributed by atoms with van der Waals surface area (Å²) in [6.07, 6.45) is 1.87. The van der Waals surface area contributed by atoms with Gasteiger partial charge in [0.2, 0.25) is 5.91 Å². The molecular formula is C25H27Cl2NO4. The summed E-state index contributed by atoms with van der Waals surface area (Å²) < 4.78 is 5.74. The lowest BCUT2D eigenvalue weighted by atomic mass is 9.67. The van der Waals surface area contributed by atoms with E-state index < -0.39 is 11.4 Å². The van der Waals surface area contributed by atoms with Crippen molar-refractivity contribution in [1.82, 2.24) is 4.90 Å². The number of benzene rings is 2. The van der Waals surface area contributed by atoms with Crippen molar-refractivity contribution in [2.24, 2.45) is 5.41 Å². The fourth-order valence-corrected chi connectivity index (χ4v) is 5.55. The van der Waals surface area contributed by atoms with E-state index in [1.807, 2.05) is 53.4 Å². The minimum absolute atomic E-state index is 0.118. The zero-order chi connectivity index (χ0) is 22.9. The predicted molar refractivity (Wildman–Crippen MR) is 124 cm³/mol. The van der Waals surface area contributed by atoms with Gasteiger partial charge >= 0.3 is 5.97 Å². The van der Waals surface area contributed by atoms with Crippen LogP contribution in [0.2, 0.25) is 10.0 Å². The second-order valence-electron chi connectivity index (χ2n) is 9.08. The van der Waals surface area contributed by atoms with Gasteiger partial charge in [-0.25, -0.2) is 0 Å². The third-order valence-corrected chi connectivity index (χ3v) is 7.15. The molecule has 7 heteroatoms. The Morgan fingerprint density at radius 1 is 1.16 bits per heavy atom. The van der Waals surface area contributed by atoms with Gasteiger partial charge in [-0.3, -0.25) is 9.59 Å². The molecule has 0 unspecified atom stereocenters. The number of hydrogen-bond acceptors (Lipinski definition) is 3. The zero-order valence-electron chi connectivity index (χ0n) is 18.0. The zero-order valence-corrected chi connectivity index (χ0v) is 19.5. The summed E-state index contributed by atoms with van der Waals surface area (Å²) in [6.45, 7) is 2.89. The van der Waals surface area contributed by atoms with E-state index in [0.29, 0.717) is 29.7 Å². The maximum atomic E-state index is 13.9. The van der Waals surface area contributed by atoms with Crippen LogP contribution < -0.4 is 0 Å². The molecule has 4 rings (SSSR count). The number of amides is 1. The first-order valence-corrected chi connectivity index (χ1v) is 11.7. The largest absolute Gasteiger partial charge is 0.481 e. The predicted octanol–water partition coefficient (Wildman–Crippen LogP) is 5.71. The number of carbonyl (C=O) groups is 2. The number of carboxylic acids is 1. The van der Waals surface area contributed by atoms with Crippen molar-refractivity contribution >= 4 is 35.1 Å². The van der Waals surface area contributed by atoms with Crippen molar-refractivity contribution in [3.8, 4) is 0 Å². The molecule has 2 aromatic rings. The molecule has 1 amide bonds. The molecule has 0 radical (unpaired) electrons. The number of carbonyl (C=O) groups excluding carboxylic acids is 1. The van der Waals surface area contributed by atoms with Gasteiger partial charge in [0.1, 0.15) is 0 Å². The Morgan fingerprint density at radius 3 is 2.53 bits per heavy atom. The van der Waals surface area contributed by atoms with E-state index in [0.717, 1.165) is 24.0 Å². The number of aliphatic carboxylic acids is 1. The molecule has 2 aromatic carbocycles. The number of hydrogen-bond donors (Lipinski definition) is 1.